The van der Waals surface area contributed by atoms with Gasteiger partial charge in [-0.3, -0.25) is 4.79 Å². The third-order valence-corrected chi connectivity index (χ3v) is 5.56. The second-order valence-electron chi connectivity index (χ2n) is 5.87. The standard InChI is InChI=1S/C19H17ClIN3O2/c1-11-12-6-4-5-7-16(12)23-18(22-11)10-24(2)19(25)13-8-14(20)15(21)9-17(13)26-3/h4-9H,10H2,1-3H3. The van der Waals surface area contributed by atoms with Gasteiger partial charge in [-0.15, -0.1) is 0 Å². The Bertz CT molecular complexity index is 994. The number of nitrogens with zero attached hydrogens (tertiary/aromatic N) is 3. The summed E-state index contributed by atoms with van der Waals surface area (Å²) in [6, 6.07) is 11.2. The van der Waals surface area contributed by atoms with Crippen molar-refractivity contribution in [3.8, 4) is 5.75 Å². The summed E-state index contributed by atoms with van der Waals surface area (Å²) in [5.41, 5.74) is 2.17. The SMILES string of the molecule is COc1cc(I)c(Cl)cc1C(=O)N(C)Cc1nc(C)c2ccccc2n1. The molecule has 0 aliphatic heterocycles. The number of methoxy groups -OCH3 is 1. The second-order valence-corrected chi connectivity index (χ2v) is 7.44. The molecule has 0 fully saturated rings. The van der Waals surface area contributed by atoms with Crippen LogP contribution in [0.5, 0.6) is 5.75 Å². The molecular formula is C19H17ClIN3O2. The number of hydrogen-bond donors (Lipinski definition) is 0. The third kappa shape index (κ3) is 3.76. The van der Waals surface area contributed by atoms with E-state index in [4.69, 9.17) is 16.3 Å². The quantitative estimate of drug-likeness (QED) is 0.516. The van der Waals surface area contributed by atoms with Crippen LogP contribution in [0, 0.1) is 10.5 Å². The Morgan fingerprint density at radius 3 is 2.73 bits per heavy atom. The predicted octanol–water partition coefficient (Wildman–Crippen LogP) is 4.48. The maximum Gasteiger partial charge on any atom is 0.257 e. The summed E-state index contributed by atoms with van der Waals surface area (Å²) < 4.78 is 6.16. The largest absolute Gasteiger partial charge is 0.496 e. The number of amides is 1. The van der Waals surface area contributed by atoms with Crippen molar-refractivity contribution in [2.75, 3.05) is 14.2 Å². The Hall–Kier alpha value is -1.93. The van der Waals surface area contributed by atoms with Gasteiger partial charge in [-0.25, -0.2) is 9.97 Å². The fourth-order valence-electron chi connectivity index (χ4n) is 2.72. The average molecular weight is 482 g/mol. The predicted molar refractivity (Wildman–Crippen MR) is 111 cm³/mol. The van der Waals surface area contributed by atoms with Crippen LogP contribution in [0.25, 0.3) is 10.9 Å². The van der Waals surface area contributed by atoms with E-state index in [0.29, 0.717) is 22.2 Å². The van der Waals surface area contributed by atoms with Crippen LogP contribution in [-0.2, 0) is 6.54 Å². The minimum Gasteiger partial charge on any atom is -0.496 e. The molecular weight excluding hydrogens is 465 g/mol. The number of para-hydroxylation sites is 1. The topological polar surface area (TPSA) is 55.3 Å². The van der Waals surface area contributed by atoms with Gasteiger partial charge < -0.3 is 9.64 Å². The van der Waals surface area contributed by atoms with Gasteiger partial charge in [-0.2, -0.15) is 0 Å². The molecule has 1 amide bonds. The van der Waals surface area contributed by atoms with Crippen LogP contribution in [0.3, 0.4) is 0 Å². The average Bonchev–Trinajstić information content (AvgIpc) is 2.63. The van der Waals surface area contributed by atoms with Crippen molar-refractivity contribution in [2.45, 2.75) is 13.5 Å². The van der Waals surface area contributed by atoms with Gasteiger partial charge in [-0.05, 0) is 47.7 Å². The molecule has 0 radical (unpaired) electrons. The lowest BCUT2D eigenvalue weighted by Crippen LogP contribution is -2.27. The van der Waals surface area contributed by atoms with Crippen molar-refractivity contribution in [2.24, 2.45) is 0 Å². The van der Waals surface area contributed by atoms with Crippen LogP contribution in [0.4, 0.5) is 0 Å². The lowest BCUT2D eigenvalue weighted by atomic mass is 10.1. The molecule has 3 aromatic rings. The first-order valence-electron chi connectivity index (χ1n) is 7.91. The molecule has 0 aliphatic carbocycles. The van der Waals surface area contributed by atoms with Crippen LogP contribution in [0.1, 0.15) is 21.9 Å². The fourth-order valence-corrected chi connectivity index (χ4v) is 3.32. The lowest BCUT2D eigenvalue weighted by molar-refractivity contribution is 0.0778. The maximum absolute atomic E-state index is 12.9. The minimum absolute atomic E-state index is 0.199. The number of benzene rings is 2. The third-order valence-electron chi connectivity index (χ3n) is 4.04. The molecule has 0 unspecified atom stereocenters. The molecule has 2 aromatic carbocycles. The number of aryl methyl sites for hydroxylation is 1. The van der Waals surface area contributed by atoms with Crippen LogP contribution in [0.2, 0.25) is 5.02 Å². The van der Waals surface area contributed by atoms with E-state index in [1.165, 1.54) is 7.11 Å². The summed E-state index contributed by atoms with van der Waals surface area (Å²) >= 11 is 8.28. The maximum atomic E-state index is 12.9. The fraction of sp³-hybridized carbons (Fsp3) is 0.211. The van der Waals surface area contributed by atoms with Crippen molar-refractivity contribution in [3.63, 3.8) is 0 Å². The molecule has 3 rings (SSSR count). The van der Waals surface area contributed by atoms with Crippen LogP contribution >= 0.6 is 34.2 Å². The summed E-state index contributed by atoms with van der Waals surface area (Å²) in [6.07, 6.45) is 0. The van der Waals surface area contributed by atoms with E-state index >= 15 is 0 Å². The molecule has 1 heterocycles. The number of hydrogen-bond acceptors (Lipinski definition) is 4. The molecule has 0 saturated carbocycles. The first kappa shape index (κ1) is 18.8. The first-order valence-corrected chi connectivity index (χ1v) is 9.37. The number of carbonyl (C=O) groups excluding carboxylic acids is 1. The van der Waals surface area contributed by atoms with E-state index in [2.05, 4.69) is 32.6 Å². The minimum atomic E-state index is -0.199. The van der Waals surface area contributed by atoms with Gasteiger partial charge in [0.15, 0.2) is 0 Å². The van der Waals surface area contributed by atoms with Gasteiger partial charge >= 0.3 is 0 Å². The number of rotatable bonds is 4. The van der Waals surface area contributed by atoms with Crippen LogP contribution < -0.4 is 4.74 Å². The molecule has 0 aliphatic rings. The van der Waals surface area contributed by atoms with Crippen LogP contribution in [-0.4, -0.2) is 34.9 Å². The van der Waals surface area contributed by atoms with E-state index in [-0.39, 0.29) is 12.5 Å². The van der Waals surface area contributed by atoms with E-state index in [0.717, 1.165) is 20.2 Å². The molecule has 0 N–H and O–H groups in total. The smallest absolute Gasteiger partial charge is 0.257 e. The summed E-state index contributed by atoms with van der Waals surface area (Å²) in [5.74, 6) is 0.883. The van der Waals surface area contributed by atoms with E-state index in [1.807, 2.05) is 31.2 Å². The Kier molecular flexibility index (Phi) is 5.62. The van der Waals surface area contributed by atoms with Gasteiger partial charge in [0.25, 0.3) is 5.91 Å². The number of ether oxygens (including phenoxy) is 1. The van der Waals surface area contributed by atoms with Gasteiger partial charge in [0.1, 0.15) is 11.6 Å². The van der Waals surface area contributed by atoms with Gasteiger partial charge in [0, 0.05) is 21.7 Å². The Labute approximate surface area is 170 Å². The summed E-state index contributed by atoms with van der Waals surface area (Å²) in [4.78, 5) is 23.5. The summed E-state index contributed by atoms with van der Waals surface area (Å²) in [6.45, 7) is 2.23. The summed E-state index contributed by atoms with van der Waals surface area (Å²) in [5, 5.41) is 1.53. The normalized spacial score (nSPS) is 10.8. The highest BCUT2D eigenvalue weighted by atomic mass is 127. The lowest BCUT2D eigenvalue weighted by Gasteiger charge is -2.19. The zero-order valence-corrected chi connectivity index (χ0v) is 17.5. The first-order chi connectivity index (χ1) is 12.4. The second kappa shape index (κ2) is 7.75. The molecule has 26 heavy (non-hydrogen) atoms. The molecule has 0 saturated heterocycles. The van der Waals surface area contributed by atoms with Gasteiger partial charge in [0.05, 0.1) is 29.8 Å². The van der Waals surface area contributed by atoms with Crippen LogP contribution in [0.15, 0.2) is 36.4 Å². The zero-order chi connectivity index (χ0) is 18.8. The van der Waals surface area contributed by atoms with Gasteiger partial charge in [0.2, 0.25) is 0 Å². The molecule has 0 spiro atoms. The van der Waals surface area contributed by atoms with Crippen molar-refractivity contribution in [1.82, 2.24) is 14.9 Å². The molecule has 5 nitrogen and oxygen atoms in total. The van der Waals surface area contributed by atoms with Crippen molar-refractivity contribution < 1.29 is 9.53 Å². The highest BCUT2D eigenvalue weighted by Crippen LogP contribution is 2.29. The molecule has 134 valence electrons. The molecule has 1 aromatic heterocycles. The van der Waals surface area contributed by atoms with Crippen molar-refractivity contribution >= 4 is 51.0 Å². The summed E-state index contributed by atoms with van der Waals surface area (Å²) in [7, 11) is 3.24. The monoisotopic (exact) mass is 481 g/mol. The van der Waals surface area contributed by atoms with Crippen molar-refractivity contribution in [3.05, 3.63) is 62.1 Å². The highest BCUT2D eigenvalue weighted by Gasteiger charge is 2.20. The van der Waals surface area contributed by atoms with E-state index in [9.17, 15) is 4.79 Å². The van der Waals surface area contributed by atoms with Gasteiger partial charge in [-0.1, -0.05) is 29.8 Å². The highest BCUT2D eigenvalue weighted by molar-refractivity contribution is 14.1. The number of fused-ring (bicyclic) bond motifs is 1. The molecule has 7 heteroatoms. The van der Waals surface area contributed by atoms with Crippen molar-refractivity contribution in [1.29, 1.82) is 0 Å². The zero-order valence-electron chi connectivity index (χ0n) is 14.6. The molecule has 0 atom stereocenters. The number of carbonyl (C=O) groups is 1. The van der Waals surface area contributed by atoms with E-state index in [1.54, 1.807) is 24.1 Å². The Morgan fingerprint density at radius 2 is 2.00 bits per heavy atom. The van der Waals surface area contributed by atoms with E-state index < -0.39 is 0 Å². The number of aromatic nitrogens is 2. The number of halogens is 2. The Morgan fingerprint density at radius 1 is 1.27 bits per heavy atom. The molecule has 0 bridgehead atoms. The Balaban J connectivity index is 1.90.